The first kappa shape index (κ1) is 41.0. The van der Waals surface area contributed by atoms with Gasteiger partial charge in [-0.2, -0.15) is 0 Å². The molecule has 8 rings (SSSR count). The minimum Gasteiger partial charge on any atom is -0.489 e. The van der Waals surface area contributed by atoms with Gasteiger partial charge in [-0.25, -0.2) is 9.59 Å². The first-order valence-electron chi connectivity index (χ1n) is 21.2. The van der Waals surface area contributed by atoms with Crippen LogP contribution >= 0.6 is 0 Å². The van der Waals surface area contributed by atoms with Crippen molar-refractivity contribution in [2.24, 2.45) is 5.92 Å². The molecule has 2 aliphatic rings. The van der Waals surface area contributed by atoms with Gasteiger partial charge in [0.05, 0.1) is 16.6 Å². The molecule has 0 N–H and O–H groups in total. The number of ether oxygens (including phenoxy) is 3. The van der Waals surface area contributed by atoms with E-state index in [9.17, 15) is 4.79 Å². The summed E-state index contributed by atoms with van der Waals surface area (Å²) < 4.78 is 27.9. The summed E-state index contributed by atoms with van der Waals surface area (Å²) in [6, 6.07) is 39.7. The molecule has 1 heterocycles. The van der Waals surface area contributed by atoms with Crippen molar-refractivity contribution >= 4 is 31.2 Å². The van der Waals surface area contributed by atoms with Crippen molar-refractivity contribution in [3.8, 4) is 16.9 Å². The molecule has 0 aliphatic heterocycles. The van der Waals surface area contributed by atoms with Gasteiger partial charge in [0.1, 0.15) is 32.3 Å². The Morgan fingerprint density at radius 1 is 0.750 bits per heavy atom. The minimum absolute atomic E-state index is 0.00514. The maximum absolute atomic E-state index is 15.0. The number of carbonyl (C=O) groups is 2. The van der Waals surface area contributed by atoms with E-state index >= 15 is 4.79 Å². The number of hydrogen-bond acceptors (Lipinski definition) is 6. The van der Waals surface area contributed by atoms with E-state index in [2.05, 4.69) is 68.8 Å². The second kappa shape index (κ2) is 17.5. The standard InChI is InChI=1S/C52H55NO6Si/c1-52(2,3)60(4,5)59-35-53-46-29-28-39(56-32-37-20-11-7-12-21-37)31-44(46)49(47(53)30-36-18-9-6-10-19-36)51(55)58-34-45-41-25-16-15-24-40(41)42-26-17-27-43(48(42)45)50(54)57-33-38-22-13-8-14-23-38/h6-9,11-17,20-29,31,36,45H,10,18-19,30,32-35H2,1-5H3. The van der Waals surface area contributed by atoms with Gasteiger partial charge in [-0.05, 0) is 107 Å². The molecule has 2 aliphatic carbocycles. The summed E-state index contributed by atoms with van der Waals surface area (Å²) in [5, 5.41) is 0.786. The highest BCUT2D eigenvalue weighted by molar-refractivity contribution is 6.74. The maximum atomic E-state index is 15.0. The van der Waals surface area contributed by atoms with Gasteiger partial charge in [0.25, 0.3) is 0 Å². The molecule has 7 nitrogen and oxygen atoms in total. The molecule has 2 unspecified atom stereocenters. The van der Waals surface area contributed by atoms with E-state index in [4.69, 9.17) is 18.6 Å². The van der Waals surface area contributed by atoms with Gasteiger partial charge < -0.3 is 23.2 Å². The van der Waals surface area contributed by atoms with E-state index in [1.807, 2.05) is 103 Å². The fourth-order valence-electron chi connectivity index (χ4n) is 8.32. The van der Waals surface area contributed by atoms with Crippen molar-refractivity contribution in [3.05, 3.63) is 173 Å². The number of rotatable bonds is 14. The van der Waals surface area contributed by atoms with Gasteiger partial charge in [0.15, 0.2) is 8.32 Å². The molecular weight excluding hydrogens is 763 g/mol. The number of nitrogens with zero attached hydrogens (tertiary/aromatic N) is 1. The third-order valence-electron chi connectivity index (χ3n) is 12.7. The molecule has 0 radical (unpaired) electrons. The van der Waals surface area contributed by atoms with Crippen LogP contribution in [-0.2, 0) is 40.3 Å². The van der Waals surface area contributed by atoms with E-state index in [0.717, 1.165) is 69.2 Å². The third-order valence-corrected chi connectivity index (χ3v) is 17.2. The Balaban J connectivity index is 1.17. The highest BCUT2D eigenvalue weighted by atomic mass is 28.4. The number of aromatic nitrogens is 1. The number of benzene rings is 5. The van der Waals surface area contributed by atoms with E-state index in [1.54, 1.807) is 0 Å². The predicted molar refractivity (Wildman–Crippen MR) is 241 cm³/mol. The quantitative estimate of drug-likeness (QED) is 0.0619. The second-order valence-corrected chi connectivity index (χ2v) is 22.5. The van der Waals surface area contributed by atoms with Crippen molar-refractivity contribution in [2.45, 2.75) is 90.4 Å². The summed E-state index contributed by atoms with van der Waals surface area (Å²) in [6.45, 7) is 12.2. The molecular formula is C52H55NO6Si. The number of esters is 2. The zero-order valence-electron chi connectivity index (χ0n) is 35.4. The molecule has 8 heteroatoms. The monoisotopic (exact) mass is 817 g/mol. The van der Waals surface area contributed by atoms with Crippen LogP contribution in [0.3, 0.4) is 0 Å². The van der Waals surface area contributed by atoms with Crippen LogP contribution in [0.1, 0.15) is 94.6 Å². The number of carbonyl (C=O) groups excluding carboxylic acids is 2. The second-order valence-electron chi connectivity index (χ2n) is 17.7. The average Bonchev–Trinajstić information content (AvgIpc) is 3.75. The summed E-state index contributed by atoms with van der Waals surface area (Å²) in [4.78, 5) is 28.9. The molecule has 2 atom stereocenters. The molecule has 60 heavy (non-hydrogen) atoms. The Morgan fingerprint density at radius 3 is 2.17 bits per heavy atom. The van der Waals surface area contributed by atoms with Crippen LogP contribution < -0.4 is 4.74 Å². The highest BCUT2D eigenvalue weighted by Crippen LogP contribution is 2.47. The van der Waals surface area contributed by atoms with E-state index in [-0.39, 0.29) is 24.2 Å². The van der Waals surface area contributed by atoms with Gasteiger partial charge in [-0.15, -0.1) is 0 Å². The number of fused-ring (bicyclic) bond motifs is 4. The van der Waals surface area contributed by atoms with Crippen molar-refractivity contribution < 1.29 is 28.2 Å². The molecule has 308 valence electrons. The van der Waals surface area contributed by atoms with Gasteiger partial charge in [-0.1, -0.05) is 130 Å². The van der Waals surface area contributed by atoms with Crippen molar-refractivity contribution in [2.75, 3.05) is 6.61 Å². The third kappa shape index (κ3) is 8.63. The van der Waals surface area contributed by atoms with E-state index in [0.29, 0.717) is 42.6 Å². The van der Waals surface area contributed by atoms with Crippen molar-refractivity contribution in [3.63, 3.8) is 0 Å². The lowest BCUT2D eigenvalue weighted by Gasteiger charge is -2.36. The first-order chi connectivity index (χ1) is 29.0. The van der Waals surface area contributed by atoms with Crippen LogP contribution in [0.5, 0.6) is 5.75 Å². The molecule has 5 aromatic carbocycles. The normalized spacial score (nSPS) is 16.0. The van der Waals surface area contributed by atoms with Crippen LogP contribution in [0, 0.1) is 5.92 Å². The summed E-state index contributed by atoms with van der Waals surface area (Å²) in [5.41, 5.74) is 8.64. The lowest BCUT2D eigenvalue weighted by Crippen LogP contribution is -2.41. The fraction of sp³-hybridized carbons (Fsp3) is 0.308. The average molecular weight is 818 g/mol. The first-order valence-corrected chi connectivity index (χ1v) is 24.1. The molecule has 0 spiro atoms. The highest BCUT2D eigenvalue weighted by Gasteiger charge is 2.39. The van der Waals surface area contributed by atoms with Gasteiger partial charge in [-0.3, -0.25) is 0 Å². The SMILES string of the molecule is CC(C)(C)[Si](C)(C)OCn1c(CC2CC=CCC2)c(C(=O)OCC2c3ccccc3-c3cccc(C(=O)OCc4ccccc4)c32)c2cc(OCc3ccccc3)ccc21. The van der Waals surface area contributed by atoms with Crippen molar-refractivity contribution in [1.82, 2.24) is 4.57 Å². The zero-order chi connectivity index (χ0) is 41.9. The lowest BCUT2D eigenvalue weighted by molar-refractivity contribution is 0.0469. The Labute approximate surface area is 355 Å². The molecule has 1 aromatic heterocycles. The molecule has 0 fully saturated rings. The zero-order valence-corrected chi connectivity index (χ0v) is 36.4. The van der Waals surface area contributed by atoms with Crippen LogP contribution in [0.2, 0.25) is 18.1 Å². The maximum Gasteiger partial charge on any atom is 0.340 e. The van der Waals surface area contributed by atoms with Crippen molar-refractivity contribution in [1.29, 1.82) is 0 Å². The van der Waals surface area contributed by atoms with Crippen LogP contribution in [0.4, 0.5) is 0 Å². The van der Waals surface area contributed by atoms with Gasteiger partial charge in [0, 0.05) is 17.0 Å². The van der Waals surface area contributed by atoms with E-state index in [1.165, 1.54) is 0 Å². The van der Waals surface area contributed by atoms with E-state index < -0.39 is 20.3 Å². The molecule has 0 bridgehead atoms. The van der Waals surface area contributed by atoms with Gasteiger partial charge in [0.2, 0.25) is 0 Å². The largest absolute Gasteiger partial charge is 0.489 e. The Bertz CT molecular complexity index is 2520. The summed E-state index contributed by atoms with van der Waals surface area (Å²) in [7, 11) is -2.18. The summed E-state index contributed by atoms with van der Waals surface area (Å²) >= 11 is 0. The Hall–Kier alpha value is -5.70. The van der Waals surface area contributed by atoms with Crippen LogP contribution in [0.15, 0.2) is 133 Å². The summed E-state index contributed by atoms with van der Waals surface area (Å²) in [5.74, 6) is -0.136. The summed E-state index contributed by atoms with van der Waals surface area (Å²) in [6.07, 6.45) is 8.22. The molecule has 0 saturated carbocycles. The van der Waals surface area contributed by atoms with Crippen LogP contribution in [0.25, 0.3) is 22.0 Å². The molecule has 0 saturated heterocycles. The smallest absolute Gasteiger partial charge is 0.340 e. The molecule has 6 aromatic rings. The van der Waals surface area contributed by atoms with Gasteiger partial charge >= 0.3 is 11.9 Å². The Kier molecular flexibility index (Phi) is 12.0. The van der Waals surface area contributed by atoms with Crippen LogP contribution in [-0.4, -0.2) is 31.4 Å². The predicted octanol–water partition coefficient (Wildman–Crippen LogP) is 12.4. The number of allylic oxidation sites excluding steroid dienone is 2. The lowest BCUT2D eigenvalue weighted by atomic mass is 9.89. The topological polar surface area (TPSA) is 76.0 Å². The Morgan fingerprint density at radius 2 is 1.45 bits per heavy atom. The minimum atomic E-state index is -2.18. The number of hydrogen-bond donors (Lipinski definition) is 0. The fourth-order valence-corrected chi connectivity index (χ4v) is 9.21. The molecule has 0 amide bonds.